The molecule has 1 aliphatic heterocycles. The summed E-state index contributed by atoms with van der Waals surface area (Å²) in [5.74, 6) is 0.0872. The normalized spacial score (nSPS) is 17.2. The molecular weight excluding hydrogens is 174 g/mol. The first kappa shape index (κ1) is 8.35. The maximum Gasteiger partial charge on any atom is 0.284 e. The lowest BCUT2D eigenvalue weighted by molar-refractivity contribution is -1.92. The van der Waals surface area contributed by atoms with E-state index >= 15 is 0 Å². The highest BCUT2D eigenvalue weighted by atomic mass is 35.7. The smallest absolute Gasteiger partial charge is 0.284 e. The average molecular weight is 180 g/mol. The Balaban J connectivity index is 2.49. The quantitative estimate of drug-likeness (QED) is 0.485. The van der Waals surface area contributed by atoms with Crippen molar-refractivity contribution in [3.8, 4) is 0 Å². The molecule has 0 unspecified atom stereocenters. The van der Waals surface area contributed by atoms with Crippen molar-refractivity contribution >= 4 is 0 Å². The molecule has 0 aliphatic carbocycles. The Morgan fingerprint density at radius 2 is 2.18 bits per heavy atom. The van der Waals surface area contributed by atoms with Gasteiger partial charge in [0.25, 0.3) is 5.76 Å². The van der Waals surface area contributed by atoms with Crippen LogP contribution >= 0.6 is 0 Å². The van der Waals surface area contributed by atoms with Crippen LogP contribution in [0.4, 0.5) is 0 Å². The number of allylic oxidation sites excluding steroid dienone is 2. The van der Waals surface area contributed by atoms with E-state index in [-0.39, 0.29) is 12.3 Å². The summed E-state index contributed by atoms with van der Waals surface area (Å²) < 4.78 is 34.0. The van der Waals surface area contributed by atoms with Gasteiger partial charge in [0.1, 0.15) is 10.2 Å². The van der Waals surface area contributed by atoms with Gasteiger partial charge >= 0.3 is 0 Å². The van der Waals surface area contributed by atoms with E-state index in [1.54, 1.807) is 12.3 Å². The largest absolute Gasteiger partial charge is 0.383 e. The molecule has 0 atom stereocenters. The Labute approximate surface area is 65.3 Å². The lowest BCUT2D eigenvalue weighted by Gasteiger charge is -2.14. The minimum Gasteiger partial charge on any atom is -0.383 e. The fraction of sp³-hybridized carbons (Fsp3) is 0.200. The first-order valence-electron chi connectivity index (χ1n) is 2.77. The third-order valence-corrected chi connectivity index (χ3v) is 1.35. The average Bonchev–Trinajstić information content (AvgIpc) is 1.85. The van der Waals surface area contributed by atoms with Crippen molar-refractivity contribution in [2.24, 2.45) is 0 Å². The van der Waals surface area contributed by atoms with E-state index in [0.717, 1.165) is 0 Å². The molecular formula is C5H6ClNO4. The van der Waals surface area contributed by atoms with Crippen LogP contribution in [-0.4, -0.2) is 6.54 Å². The minimum absolute atomic E-state index is 0.0872. The van der Waals surface area contributed by atoms with Gasteiger partial charge in [-0.25, -0.2) is 0 Å². The van der Waals surface area contributed by atoms with Crippen molar-refractivity contribution in [1.29, 1.82) is 0 Å². The zero-order chi connectivity index (χ0) is 8.32. The number of dihydropyridines is 1. The van der Waals surface area contributed by atoms with Crippen LogP contribution in [0.3, 0.4) is 0 Å². The first-order valence-corrected chi connectivity index (χ1v) is 4.01. The second-order valence-corrected chi connectivity index (χ2v) is 2.74. The van der Waals surface area contributed by atoms with Crippen LogP contribution in [0.2, 0.25) is 0 Å². The van der Waals surface area contributed by atoms with Crippen molar-refractivity contribution in [3.63, 3.8) is 0 Å². The van der Waals surface area contributed by atoms with Gasteiger partial charge in [-0.05, 0) is 18.4 Å². The Hall–Kier alpha value is -0.750. The maximum atomic E-state index is 10.0. The Morgan fingerprint density at radius 3 is 2.64 bits per heavy atom. The SMILES string of the molecule is [O-][Cl+3]([O-])([O-])OC1=CC=CNC1. The topological polar surface area (TPSA) is 90.4 Å². The molecule has 0 radical (unpaired) electrons. The second kappa shape index (κ2) is 3.10. The number of nitrogens with one attached hydrogen (secondary N) is 1. The van der Waals surface area contributed by atoms with Gasteiger partial charge in [-0.15, -0.1) is 0 Å². The van der Waals surface area contributed by atoms with Gasteiger partial charge < -0.3 is 5.32 Å². The van der Waals surface area contributed by atoms with Crippen LogP contribution in [0.1, 0.15) is 0 Å². The number of hydrogen-bond donors (Lipinski definition) is 1. The van der Waals surface area contributed by atoms with Gasteiger partial charge in [-0.2, -0.15) is 14.0 Å². The van der Waals surface area contributed by atoms with Gasteiger partial charge in [0.2, 0.25) is 0 Å². The highest BCUT2D eigenvalue weighted by Gasteiger charge is 2.21. The molecule has 5 nitrogen and oxygen atoms in total. The molecule has 1 rings (SSSR count). The third-order valence-electron chi connectivity index (χ3n) is 0.966. The summed E-state index contributed by atoms with van der Waals surface area (Å²) in [6.07, 6.45) is 4.56. The van der Waals surface area contributed by atoms with Crippen molar-refractivity contribution in [2.45, 2.75) is 0 Å². The number of halogens is 1. The van der Waals surface area contributed by atoms with E-state index in [2.05, 4.69) is 9.61 Å². The van der Waals surface area contributed by atoms with Crippen molar-refractivity contribution in [2.75, 3.05) is 6.54 Å². The molecule has 0 bridgehead atoms. The molecule has 0 spiro atoms. The lowest BCUT2D eigenvalue weighted by Crippen LogP contribution is -2.61. The molecule has 0 saturated heterocycles. The van der Waals surface area contributed by atoms with E-state index in [4.69, 9.17) is 0 Å². The van der Waals surface area contributed by atoms with E-state index in [1.165, 1.54) is 6.08 Å². The van der Waals surface area contributed by atoms with Gasteiger partial charge in [0, 0.05) is 0 Å². The molecule has 1 heterocycles. The molecule has 0 amide bonds. The van der Waals surface area contributed by atoms with Gasteiger partial charge in [-0.1, -0.05) is 4.29 Å². The van der Waals surface area contributed by atoms with E-state index in [9.17, 15) is 14.0 Å². The monoisotopic (exact) mass is 179 g/mol. The molecule has 11 heavy (non-hydrogen) atoms. The minimum atomic E-state index is -4.36. The van der Waals surface area contributed by atoms with Gasteiger partial charge in [0.05, 0.1) is 6.54 Å². The van der Waals surface area contributed by atoms with E-state index in [1.807, 2.05) is 0 Å². The molecule has 1 N–H and O–H groups in total. The maximum absolute atomic E-state index is 10.0. The van der Waals surface area contributed by atoms with E-state index in [0.29, 0.717) is 0 Å². The Bertz CT molecular complexity index is 195. The molecule has 0 aromatic heterocycles. The predicted octanol–water partition coefficient (Wildman–Crippen LogP) is -3.10. The summed E-state index contributed by atoms with van der Waals surface area (Å²) in [7, 11) is -4.36. The highest BCUT2D eigenvalue weighted by Crippen LogP contribution is 2.04. The zero-order valence-electron chi connectivity index (χ0n) is 5.45. The standard InChI is InChI=1S/C5H6ClNO4/c8-6(9,10)11-5-2-1-3-7-4-5/h1-3,7H,4H2. The van der Waals surface area contributed by atoms with Crippen LogP contribution in [0.25, 0.3) is 0 Å². The first-order chi connectivity index (χ1) is 5.08. The van der Waals surface area contributed by atoms with Crippen LogP contribution in [-0.2, 0) is 4.29 Å². The molecule has 0 aromatic carbocycles. The summed E-state index contributed by atoms with van der Waals surface area (Å²) in [6.45, 7) is 0.213. The third kappa shape index (κ3) is 3.24. The molecule has 0 saturated carbocycles. The predicted molar refractivity (Wildman–Crippen MR) is 26.3 cm³/mol. The van der Waals surface area contributed by atoms with Crippen molar-refractivity contribution in [3.05, 3.63) is 24.1 Å². The highest BCUT2D eigenvalue weighted by molar-refractivity contribution is 5.12. The fourth-order valence-electron chi connectivity index (χ4n) is 0.616. The number of hydrogen-bond acceptors (Lipinski definition) is 5. The summed E-state index contributed by atoms with van der Waals surface area (Å²) in [6, 6.07) is 0. The van der Waals surface area contributed by atoms with Gasteiger partial charge in [0.15, 0.2) is 0 Å². The summed E-state index contributed by atoms with van der Waals surface area (Å²) in [5.41, 5.74) is 0. The molecule has 0 aromatic rings. The summed E-state index contributed by atoms with van der Waals surface area (Å²) >= 11 is 0. The van der Waals surface area contributed by atoms with Gasteiger partial charge in [-0.3, -0.25) is 0 Å². The van der Waals surface area contributed by atoms with Crippen molar-refractivity contribution < 1.29 is 28.5 Å². The Morgan fingerprint density at radius 1 is 1.45 bits per heavy atom. The van der Waals surface area contributed by atoms with Crippen molar-refractivity contribution in [1.82, 2.24) is 5.32 Å². The van der Waals surface area contributed by atoms with E-state index < -0.39 is 10.2 Å². The molecule has 1 aliphatic rings. The fourth-order valence-corrected chi connectivity index (χ4v) is 0.965. The number of rotatable bonds is 2. The Kier molecular flexibility index (Phi) is 2.35. The zero-order valence-corrected chi connectivity index (χ0v) is 6.21. The van der Waals surface area contributed by atoms with Crippen LogP contribution in [0.5, 0.6) is 0 Å². The van der Waals surface area contributed by atoms with Crippen LogP contribution in [0, 0.1) is 10.2 Å². The van der Waals surface area contributed by atoms with Crippen LogP contribution in [0.15, 0.2) is 24.1 Å². The second-order valence-electron chi connectivity index (χ2n) is 1.83. The lowest BCUT2D eigenvalue weighted by atomic mass is 10.4. The molecule has 6 heteroatoms. The summed E-state index contributed by atoms with van der Waals surface area (Å²) in [4.78, 5) is 0. The molecule has 0 fully saturated rings. The van der Waals surface area contributed by atoms with Crippen LogP contribution < -0.4 is 19.3 Å². The molecule has 62 valence electrons. The summed E-state index contributed by atoms with van der Waals surface area (Å²) in [5, 5.41) is 2.68.